The summed E-state index contributed by atoms with van der Waals surface area (Å²) in [5, 5.41) is 6.89. The molecular weight excluding hydrogens is 246 g/mol. The molecule has 18 heavy (non-hydrogen) atoms. The fourth-order valence-electron chi connectivity index (χ4n) is 1.49. The summed E-state index contributed by atoms with van der Waals surface area (Å²) in [6, 6.07) is 3.63. The molecule has 1 N–H and O–H groups in total. The van der Waals surface area contributed by atoms with E-state index < -0.39 is 0 Å². The Morgan fingerprint density at radius 3 is 3.06 bits per heavy atom. The van der Waals surface area contributed by atoms with Crippen LogP contribution in [-0.2, 0) is 0 Å². The van der Waals surface area contributed by atoms with Crippen LogP contribution in [0.25, 0.3) is 17.3 Å². The Hall–Kier alpha value is -2.14. The lowest BCUT2D eigenvalue weighted by molar-refractivity contribution is 0.576. The molecule has 92 valence electrons. The maximum absolute atomic E-state index is 5.32. The van der Waals surface area contributed by atoms with Crippen molar-refractivity contribution >= 4 is 17.9 Å². The van der Waals surface area contributed by atoms with Crippen LogP contribution in [0.3, 0.4) is 0 Å². The molecule has 0 aliphatic rings. The van der Waals surface area contributed by atoms with Gasteiger partial charge in [0.05, 0.1) is 6.26 Å². The summed E-state index contributed by atoms with van der Waals surface area (Å²) in [5.74, 6) is 1.25. The first-order chi connectivity index (χ1) is 8.74. The molecule has 0 aliphatic carbocycles. The third-order valence-corrected chi connectivity index (χ3v) is 2.57. The number of H-pyrrole nitrogens is 1. The second-order valence-corrected chi connectivity index (χ2v) is 3.93. The Balaban J connectivity index is 2.42. The van der Waals surface area contributed by atoms with Gasteiger partial charge in [-0.05, 0) is 37.4 Å². The Kier molecular flexibility index (Phi) is 3.74. The van der Waals surface area contributed by atoms with Crippen molar-refractivity contribution in [2.75, 3.05) is 0 Å². The molecule has 0 unspecified atom stereocenters. The molecule has 0 bridgehead atoms. The zero-order valence-electron chi connectivity index (χ0n) is 9.96. The van der Waals surface area contributed by atoms with Crippen LogP contribution in [0, 0.1) is 4.77 Å². The highest BCUT2D eigenvalue weighted by molar-refractivity contribution is 7.71. The predicted octanol–water partition coefficient (Wildman–Crippen LogP) is 3.80. The van der Waals surface area contributed by atoms with E-state index in [0.29, 0.717) is 16.4 Å². The molecule has 5 heteroatoms. The summed E-state index contributed by atoms with van der Waals surface area (Å²) < 4.78 is 7.53. The largest absolute Gasteiger partial charge is 0.461 e. The first kappa shape index (κ1) is 12.3. The zero-order chi connectivity index (χ0) is 13.0. The van der Waals surface area contributed by atoms with Gasteiger partial charge in [-0.1, -0.05) is 24.8 Å². The van der Waals surface area contributed by atoms with Crippen molar-refractivity contribution in [1.29, 1.82) is 0 Å². The molecule has 2 heterocycles. The lowest BCUT2D eigenvalue weighted by atomic mass is 10.3. The Bertz CT molecular complexity index is 644. The van der Waals surface area contributed by atoms with E-state index in [1.165, 1.54) is 0 Å². The highest BCUT2D eigenvalue weighted by Crippen LogP contribution is 2.20. The quantitative estimate of drug-likeness (QED) is 0.671. The molecule has 4 nitrogen and oxygen atoms in total. The molecule has 0 atom stereocenters. The molecule has 0 fully saturated rings. The van der Waals surface area contributed by atoms with E-state index >= 15 is 0 Å². The molecule has 0 amide bonds. The second kappa shape index (κ2) is 5.46. The number of nitrogens with zero attached hydrogens (tertiary/aromatic N) is 2. The standard InChI is InChI=1S/C13H13N3OS/c1-3-4-5-7-10(2)16-12(14-15-13(16)18)11-8-6-9-17-11/h3-9H,2H2,1H3,(H,15,18)/b4-3-,7-5-. The number of hydrogen-bond acceptors (Lipinski definition) is 3. The van der Waals surface area contributed by atoms with Crippen molar-refractivity contribution in [2.45, 2.75) is 6.92 Å². The van der Waals surface area contributed by atoms with Gasteiger partial charge in [-0.3, -0.25) is 9.67 Å². The van der Waals surface area contributed by atoms with Gasteiger partial charge in [0, 0.05) is 5.70 Å². The summed E-state index contributed by atoms with van der Waals surface area (Å²) in [6.07, 6.45) is 9.20. The predicted molar refractivity (Wildman–Crippen MR) is 74.4 cm³/mol. The maximum Gasteiger partial charge on any atom is 0.202 e. The highest BCUT2D eigenvalue weighted by Gasteiger charge is 2.11. The molecule has 2 aromatic rings. The van der Waals surface area contributed by atoms with Gasteiger partial charge in [-0.15, -0.1) is 0 Å². The van der Waals surface area contributed by atoms with E-state index in [1.54, 1.807) is 16.9 Å². The molecule has 0 spiro atoms. The molecular formula is C13H13N3OS. The van der Waals surface area contributed by atoms with Gasteiger partial charge in [-0.2, -0.15) is 5.10 Å². The number of hydrogen-bond donors (Lipinski definition) is 1. The summed E-state index contributed by atoms with van der Waals surface area (Å²) in [4.78, 5) is 0. The smallest absolute Gasteiger partial charge is 0.202 e. The van der Waals surface area contributed by atoms with E-state index in [4.69, 9.17) is 16.6 Å². The first-order valence-electron chi connectivity index (χ1n) is 5.44. The normalized spacial score (nSPS) is 11.6. The highest BCUT2D eigenvalue weighted by atomic mass is 32.1. The molecule has 2 rings (SSSR count). The van der Waals surface area contributed by atoms with E-state index in [0.717, 1.165) is 5.70 Å². The number of nitrogens with one attached hydrogen (secondary N) is 1. The minimum atomic E-state index is 0.483. The van der Waals surface area contributed by atoms with Crippen molar-refractivity contribution in [2.24, 2.45) is 0 Å². The summed E-state index contributed by atoms with van der Waals surface area (Å²) in [7, 11) is 0. The van der Waals surface area contributed by atoms with Crippen LogP contribution in [0.1, 0.15) is 6.92 Å². The molecule has 0 aliphatic heterocycles. The van der Waals surface area contributed by atoms with Crippen molar-refractivity contribution in [3.63, 3.8) is 0 Å². The molecule has 0 saturated carbocycles. The fourth-order valence-corrected chi connectivity index (χ4v) is 1.74. The first-order valence-corrected chi connectivity index (χ1v) is 5.85. The lowest BCUT2D eigenvalue weighted by Gasteiger charge is -2.03. The minimum absolute atomic E-state index is 0.483. The number of rotatable bonds is 4. The van der Waals surface area contributed by atoms with Crippen LogP contribution in [0.4, 0.5) is 0 Å². The van der Waals surface area contributed by atoms with Gasteiger partial charge >= 0.3 is 0 Å². The number of furan rings is 1. The van der Waals surface area contributed by atoms with Gasteiger partial charge in [0.2, 0.25) is 5.82 Å². The lowest BCUT2D eigenvalue weighted by Crippen LogP contribution is -1.96. The van der Waals surface area contributed by atoms with E-state index in [-0.39, 0.29) is 0 Å². The zero-order valence-corrected chi connectivity index (χ0v) is 10.8. The number of allylic oxidation sites excluding steroid dienone is 5. The average molecular weight is 259 g/mol. The topological polar surface area (TPSA) is 46.8 Å². The van der Waals surface area contributed by atoms with Crippen LogP contribution >= 0.6 is 12.2 Å². The summed E-state index contributed by atoms with van der Waals surface area (Å²) in [5.41, 5.74) is 0.721. The third kappa shape index (κ3) is 2.41. The van der Waals surface area contributed by atoms with Crippen LogP contribution in [0.2, 0.25) is 0 Å². The van der Waals surface area contributed by atoms with Crippen molar-refractivity contribution in [1.82, 2.24) is 14.8 Å². The van der Waals surface area contributed by atoms with Gasteiger partial charge in [0.1, 0.15) is 0 Å². The van der Waals surface area contributed by atoms with Crippen LogP contribution in [0.5, 0.6) is 0 Å². The van der Waals surface area contributed by atoms with E-state index in [9.17, 15) is 0 Å². The molecule has 0 radical (unpaired) electrons. The maximum atomic E-state index is 5.32. The average Bonchev–Trinajstić information content (AvgIpc) is 2.97. The Morgan fingerprint density at radius 2 is 2.39 bits per heavy atom. The van der Waals surface area contributed by atoms with E-state index in [2.05, 4.69) is 16.8 Å². The van der Waals surface area contributed by atoms with Crippen molar-refractivity contribution < 1.29 is 4.42 Å². The van der Waals surface area contributed by atoms with Crippen LogP contribution in [0.15, 0.2) is 53.7 Å². The molecule has 0 saturated heterocycles. The number of aromatic amines is 1. The van der Waals surface area contributed by atoms with Crippen LogP contribution < -0.4 is 0 Å². The van der Waals surface area contributed by atoms with Gasteiger partial charge in [0.15, 0.2) is 10.5 Å². The van der Waals surface area contributed by atoms with Crippen molar-refractivity contribution in [3.05, 3.63) is 54.0 Å². The Labute approximate surface area is 110 Å². The molecule has 0 aromatic carbocycles. The van der Waals surface area contributed by atoms with Gasteiger partial charge < -0.3 is 4.42 Å². The van der Waals surface area contributed by atoms with Gasteiger partial charge in [0.25, 0.3) is 0 Å². The third-order valence-electron chi connectivity index (χ3n) is 2.29. The number of aromatic nitrogens is 3. The molecule has 2 aromatic heterocycles. The minimum Gasteiger partial charge on any atom is -0.461 e. The van der Waals surface area contributed by atoms with Crippen LogP contribution in [-0.4, -0.2) is 14.8 Å². The van der Waals surface area contributed by atoms with Gasteiger partial charge in [-0.25, -0.2) is 0 Å². The Morgan fingerprint density at radius 1 is 1.56 bits per heavy atom. The fraction of sp³-hybridized carbons (Fsp3) is 0.0769. The summed E-state index contributed by atoms with van der Waals surface area (Å²) >= 11 is 5.19. The van der Waals surface area contributed by atoms with E-state index in [1.807, 2.05) is 37.3 Å². The monoisotopic (exact) mass is 259 g/mol. The van der Waals surface area contributed by atoms with Crippen molar-refractivity contribution in [3.8, 4) is 11.6 Å². The summed E-state index contributed by atoms with van der Waals surface area (Å²) in [6.45, 7) is 5.92. The second-order valence-electron chi connectivity index (χ2n) is 3.54. The SMILES string of the molecule is C=C(/C=C\C=C/C)n1c(-c2ccco2)n[nH]c1=S.